The fraction of sp³-hybridized carbons (Fsp3) is 0.235. The van der Waals surface area contributed by atoms with E-state index in [0.29, 0.717) is 22.0 Å². The van der Waals surface area contributed by atoms with E-state index in [1.54, 1.807) is 33.0 Å². The molecule has 226 valence electrons. The number of benzene rings is 3. The number of nitrogens with zero attached hydrogens (tertiary/aromatic N) is 3. The van der Waals surface area contributed by atoms with Crippen molar-refractivity contribution in [2.45, 2.75) is 45.8 Å². The van der Waals surface area contributed by atoms with Crippen LogP contribution >= 0.6 is 11.6 Å². The van der Waals surface area contributed by atoms with Gasteiger partial charge in [0, 0.05) is 41.6 Å². The summed E-state index contributed by atoms with van der Waals surface area (Å²) in [5, 5.41) is 28.1. The average Bonchev–Trinajstić information content (AvgIpc) is 3.57. The van der Waals surface area contributed by atoms with Gasteiger partial charge in [-0.25, -0.2) is 0 Å². The number of nitrogens with one attached hydrogen (secondary N) is 3. The van der Waals surface area contributed by atoms with E-state index >= 15 is 0 Å². The van der Waals surface area contributed by atoms with Crippen molar-refractivity contribution in [2.75, 3.05) is 5.32 Å². The van der Waals surface area contributed by atoms with Crippen LogP contribution in [-0.4, -0.2) is 42.9 Å². The normalized spacial score (nSPS) is 12.2. The molecular weight excluding hydrogens is 576 g/mol. The smallest absolute Gasteiger partial charge is 0.270 e. The molecule has 0 bridgehead atoms. The maximum Gasteiger partial charge on any atom is 0.270 e. The van der Waals surface area contributed by atoms with Gasteiger partial charge in [0.05, 0.1) is 11.3 Å². The second-order valence-electron chi connectivity index (χ2n) is 11.4. The van der Waals surface area contributed by atoms with Gasteiger partial charge >= 0.3 is 0 Å². The first-order chi connectivity index (χ1) is 20.9. The molecule has 2 amide bonds. The van der Waals surface area contributed by atoms with Crippen LogP contribution in [0.5, 0.6) is 0 Å². The van der Waals surface area contributed by atoms with Crippen LogP contribution < -0.4 is 10.6 Å². The third-order valence-corrected chi connectivity index (χ3v) is 7.99. The number of anilines is 1. The van der Waals surface area contributed by atoms with Gasteiger partial charge in [-0.1, -0.05) is 48.0 Å². The SMILES string of the molecule is Cc1n[nH]c(C)c1-c1ccc(NC(=O)[C@H](Cc2cc(-c3cccc(C(C)(C)O)c3)ccc2Cl)NC(=O)c2ccnn2C)cc1. The topological polar surface area (TPSA) is 125 Å². The molecule has 9 nitrogen and oxygen atoms in total. The molecule has 1 atom stereocenters. The largest absolute Gasteiger partial charge is 0.386 e. The number of hydrogen-bond donors (Lipinski definition) is 4. The maximum absolute atomic E-state index is 13.7. The first-order valence-corrected chi connectivity index (χ1v) is 14.6. The number of carbonyl (C=O) groups excluding carboxylic acids is 2. The molecule has 0 saturated carbocycles. The first kappa shape index (κ1) is 30.7. The predicted molar refractivity (Wildman–Crippen MR) is 172 cm³/mol. The molecule has 10 heteroatoms. The summed E-state index contributed by atoms with van der Waals surface area (Å²) >= 11 is 6.64. The fourth-order valence-electron chi connectivity index (χ4n) is 5.17. The van der Waals surface area contributed by atoms with E-state index in [1.165, 1.54) is 10.9 Å². The Bertz CT molecular complexity index is 1800. The predicted octanol–water partition coefficient (Wildman–Crippen LogP) is 5.95. The molecule has 3 aromatic carbocycles. The Morgan fingerprint density at radius 1 is 1.00 bits per heavy atom. The highest BCUT2D eigenvalue weighted by Gasteiger charge is 2.25. The van der Waals surface area contributed by atoms with Crippen LogP contribution in [-0.2, 0) is 23.9 Å². The van der Waals surface area contributed by atoms with Crippen LogP contribution in [0.25, 0.3) is 22.3 Å². The Morgan fingerprint density at radius 3 is 2.34 bits per heavy atom. The van der Waals surface area contributed by atoms with Gasteiger partial charge < -0.3 is 15.7 Å². The van der Waals surface area contributed by atoms with Crippen LogP contribution in [0.3, 0.4) is 0 Å². The minimum atomic E-state index is -1.00. The lowest BCUT2D eigenvalue weighted by Gasteiger charge is -2.21. The van der Waals surface area contributed by atoms with E-state index in [0.717, 1.165) is 39.2 Å². The van der Waals surface area contributed by atoms with Gasteiger partial charge in [-0.15, -0.1) is 0 Å². The molecule has 5 rings (SSSR count). The lowest BCUT2D eigenvalue weighted by atomic mass is 9.93. The highest BCUT2D eigenvalue weighted by Crippen LogP contribution is 2.30. The maximum atomic E-state index is 13.7. The first-order valence-electron chi connectivity index (χ1n) is 14.2. The molecule has 0 unspecified atom stereocenters. The quantitative estimate of drug-likeness (QED) is 0.164. The third-order valence-electron chi connectivity index (χ3n) is 7.62. The number of carbonyl (C=O) groups is 2. The van der Waals surface area contributed by atoms with Crippen molar-refractivity contribution >= 4 is 29.1 Å². The van der Waals surface area contributed by atoms with Gasteiger partial charge in [-0.05, 0) is 91.9 Å². The zero-order valence-electron chi connectivity index (χ0n) is 25.3. The lowest BCUT2D eigenvalue weighted by molar-refractivity contribution is -0.118. The van der Waals surface area contributed by atoms with Crippen molar-refractivity contribution in [3.05, 3.63) is 112 Å². The van der Waals surface area contributed by atoms with Crippen molar-refractivity contribution in [1.82, 2.24) is 25.3 Å². The van der Waals surface area contributed by atoms with Crippen LogP contribution in [0.2, 0.25) is 5.02 Å². The summed E-state index contributed by atoms with van der Waals surface area (Å²) in [5.41, 5.74) is 6.98. The molecule has 0 spiro atoms. The molecule has 4 N–H and O–H groups in total. The summed E-state index contributed by atoms with van der Waals surface area (Å²) in [6.07, 6.45) is 1.66. The van der Waals surface area contributed by atoms with Crippen molar-refractivity contribution in [2.24, 2.45) is 7.05 Å². The summed E-state index contributed by atoms with van der Waals surface area (Å²) < 4.78 is 1.45. The van der Waals surface area contributed by atoms with Crippen molar-refractivity contribution in [3.63, 3.8) is 0 Å². The van der Waals surface area contributed by atoms with Crippen molar-refractivity contribution in [3.8, 4) is 22.3 Å². The van der Waals surface area contributed by atoms with Crippen LogP contribution in [0, 0.1) is 13.8 Å². The molecule has 0 fully saturated rings. The summed E-state index contributed by atoms with van der Waals surface area (Å²) in [7, 11) is 1.66. The van der Waals surface area contributed by atoms with Gasteiger partial charge in [-0.3, -0.25) is 19.4 Å². The Balaban J connectivity index is 1.42. The molecule has 5 aromatic rings. The minimum Gasteiger partial charge on any atom is -0.386 e. The number of rotatable bonds is 9. The number of hydrogen-bond acceptors (Lipinski definition) is 5. The molecule has 0 aliphatic rings. The number of aromatic amines is 1. The second kappa shape index (κ2) is 12.5. The zero-order chi connectivity index (χ0) is 31.6. The summed E-state index contributed by atoms with van der Waals surface area (Å²) in [6, 6.07) is 21.3. The molecule has 0 radical (unpaired) electrons. The number of halogens is 1. The molecular formula is C34H35ClN6O3. The van der Waals surface area contributed by atoms with Crippen LogP contribution in [0.15, 0.2) is 79.0 Å². The molecule has 0 aliphatic carbocycles. The Kier molecular flexibility index (Phi) is 8.71. The molecule has 0 saturated heterocycles. The molecule has 2 aromatic heterocycles. The Labute approximate surface area is 261 Å². The number of amides is 2. The van der Waals surface area contributed by atoms with Gasteiger partial charge in [0.2, 0.25) is 5.91 Å². The van der Waals surface area contributed by atoms with E-state index in [4.69, 9.17) is 11.6 Å². The van der Waals surface area contributed by atoms with E-state index in [2.05, 4.69) is 25.9 Å². The van der Waals surface area contributed by atoms with Gasteiger partial charge in [-0.2, -0.15) is 10.2 Å². The minimum absolute atomic E-state index is 0.138. The van der Waals surface area contributed by atoms with Crippen molar-refractivity contribution in [1.29, 1.82) is 0 Å². The molecule has 44 heavy (non-hydrogen) atoms. The lowest BCUT2D eigenvalue weighted by Crippen LogP contribution is -2.45. The van der Waals surface area contributed by atoms with Crippen molar-refractivity contribution < 1.29 is 14.7 Å². The monoisotopic (exact) mass is 610 g/mol. The van der Waals surface area contributed by atoms with E-state index in [9.17, 15) is 14.7 Å². The average molecular weight is 611 g/mol. The summed E-state index contributed by atoms with van der Waals surface area (Å²) in [4.78, 5) is 26.9. The number of aliphatic hydroxyl groups is 1. The van der Waals surface area contributed by atoms with Crippen LogP contribution in [0.1, 0.15) is 46.9 Å². The molecule has 0 aliphatic heterocycles. The summed E-state index contributed by atoms with van der Waals surface area (Å²) in [5.74, 6) is -0.828. The number of aromatic nitrogens is 4. The second-order valence-corrected chi connectivity index (χ2v) is 11.8. The van der Waals surface area contributed by atoms with E-state index < -0.39 is 23.5 Å². The van der Waals surface area contributed by atoms with Gasteiger partial charge in [0.25, 0.3) is 5.91 Å². The number of aryl methyl sites for hydroxylation is 3. The molecule has 2 heterocycles. The van der Waals surface area contributed by atoms with E-state index in [-0.39, 0.29) is 6.42 Å². The highest BCUT2D eigenvalue weighted by molar-refractivity contribution is 6.31. The van der Waals surface area contributed by atoms with Gasteiger partial charge in [0.1, 0.15) is 11.7 Å². The summed E-state index contributed by atoms with van der Waals surface area (Å²) in [6.45, 7) is 7.38. The zero-order valence-corrected chi connectivity index (χ0v) is 26.0. The fourth-order valence-corrected chi connectivity index (χ4v) is 5.37. The Morgan fingerprint density at radius 2 is 1.70 bits per heavy atom. The third kappa shape index (κ3) is 6.74. The highest BCUT2D eigenvalue weighted by atomic mass is 35.5. The van der Waals surface area contributed by atoms with E-state index in [1.807, 2.05) is 74.5 Å². The standard InChI is InChI=1S/C34H35ClN6O3/c1-20-31(21(2)40-39-20)22-9-12-27(13-10-22)37-32(42)29(38-33(43)30-15-16-36-41(30)5)19-25-17-24(11-14-28(25)35)23-7-6-8-26(18-23)34(3,4)44/h6-18,29,44H,19H2,1-5H3,(H,37,42)(H,38,43)(H,39,40)/t29-/m0/s1. The van der Waals surface area contributed by atoms with Gasteiger partial charge in [0.15, 0.2) is 0 Å². The van der Waals surface area contributed by atoms with Crippen LogP contribution in [0.4, 0.5) is 5.69 Å². The Hall–Kier alpha value is -4.73. The number of H-pyrrole nitrogens is 1.